The smallest absolute Gasteiger partial charge is 0.254 e. The molecule has 0 unspecified atom stereocenters. The van der Waals surface area contributed by atoms with Gasteiger partial charge in [0.25, 0.3) is 5.91 Å². The van der Waals surface area contributed by atoms with Gasteiger partial charge in [-0.3, -0.25) is 4.79 Å². The number of carbonyl (C=O) groups excluding carboxylic acids is 1. The van der Waals surface area contributed by atoms with Gasteiger partial charge >= 0.3 is 0 Å². The molecule has 0 spiro atoms. The molecule has 5 heteroatoms. The summed E-state index contributed by atoms with van der Waals surface area (Å²) in [6.45, 7) is 2.88. The Morgan fingerprint density at radius 2 is 1.86 bits per heavy atom. The first kappa shape index (κ1) is 20.0. The van der Waals surface area contributed by atoms with Crippen LogP contribution >= 0.6 is 11.8 Å². The van der Waals surface area contributed by atoms with Crippen LogP contribution in [0.3, 0.4) is 0 Å². The number of fused-ring (bicyclic) bond motifs is 1. The summed E-state index contributed by atoms with van der Waals surface area (Å²) >= 11 is 1.74. The summed E-state index contributed by atoms with van der Waals surface area (Å²) in [5.41, 5.74) is 4.16. The highest BCUT2D eigenvalue weighted by Gasteiger charge is 2.24. The average Bonchev–Trinajstić information content (AvgIpc) is 3.18. The first-order valence-corrected chi connectivity index (χ1v) is 11.7. The van der Waals surface area contributed by atoms with E-state index in [1.807, 2.05) is 30.3 Å². The number of aromatic nitrogens is 2. The molecule has 0 bridgehead atoms. The van der Waals surface area contributed by atoms with Crippen molar-refractivity contribution in [2.75, 3.05) is 12.3 Å². The molecule has 4 rings (SSSR count). The molecule has 1 aliphatic rings. The van der Waals surface area contributed by atoms with Gasteiger partial charge in [0, 0.05) is 23.9 Å². The van der Waals surface area contributed by atoms with E-state index < -0.39 is 0 Å². The molecule has 0 saturated heterocycles. The second-order valence-corrected chi connectivity index (χ2v) is 8.82. The molecule has 1 saturated carbocycles. The Labute approximate surface area is 177 Å². The van der Waals surface area contributed by atoms with Crippen LogP contribution in [0.2, 0.25) is 0 Å². The van der Waals surface area contributed by atoms with E-state index in [0.717, 1.165) is 53.3 Å². The van der Waals surface area contributed by atoms with Crippen LogP contribution in [0.4, 0.5) is 0 Å². The number of hydrogen-bond acceptors (Lipinski definition) is 3. The van der Waals surface area contributed by atoms with E-state index in [4.69, 9.17) is 0 Å². The summed E-state index contributed by atoms with van der Waals surface area (Å²) in [4.78, 5) is 23.0. The van der Waals surface area contributed by atoms with Gasteiger partial charge in [-0.1, -0.05) is 55.3 Å². The Bertz CT molecular complexity index is 911. The summed E-state index contributed by atoms with van der Waals surface area (Å²) in [7, 11) is 0. The van der Waals surface area contributed by atoms with Crippen LogP contribution in [-0.2, 0) is 6.42 Å². The minimum absolute atomic E-state index is 0.183. The Balaban J connectivity index is 1.32. The third-order valence-corrected chi connectivity index (χ3v) is 6.69. The Kier molecular flexibility index (Phi) is 6.55. The zero-order valence-corrected chi connectivity index (χ0v) is 17.9. The molecular formula is C24H29N3OS. The van der Waals surface area contributed by atoms with E-state index in [-0.39, 0.29) is 5.91 Å². The molecule has 1 aromatic heterocycles. The third kappa shape index (κ3) is 4.84. The molecule has 0 atom stereocenters. The first-order valence-electron chi connectivity index (χ1n) is 10.7. The Hall–Kier alpha value is -2.27. The molecule has 4 nitrogen and oxygen atoms in total. The van der Waals surface area contributed by atoms with Crippen LogP contribution in [0.1, 0.15) is 54.9 Å². The lowest BCUT2D eigenvalue weighted by Crippen LogP contribution is -2.41. The van der Waals surface area contributed by atoms with Gasteiger partial charge in [-0.25, -0.2) is 4.98 Å². The van der Waals surface area contributed by atoms with E-state index in [1.165, 1.54) is 24.8 Å². The fraction of sp³-hybridized carbons (Fsp3) is 0.417. The van der Waals surface area contributed by atoms with Gasteiger partial charge in [-0.05, 0) is 56.0 Å². The van der Waals surface area contributed by atoms with Crippen molar-refractivity contribution >= 4 is 28.7 Å². The van der Waals surface area contributed by atoms with Crippen molar-refractivity contribution in [2.45, 2.75) is 56.6 Å². The maximum Gasteiger partial charge on any atom is 0.254 e. The zero-order valence-electron chi connectivity index (χ0n) is 17.1. The average molecular weight is 408 g/mol. The maximum atomic E-state index is 13.0. The lowest BCUT2D eigenvalue weighted by molar-refractivity contribution is 0.0648. The van der Waals surface area contributed by atoms with Gasteiger partial charge in [-0.2, -0.15) is 0 Å². The van der Waals surface area contributed by atoms with Gasteiger partial charge in [0.05, 0.1) is 11.0 Å². The number of thioether (sulfide) groups is 1. The number of nitrogens with one attached hydrogen (secondary N) is 1. The molecule has 1 amide bonds. The second kappa shape index (κ2) is 9.49. The summed E-state index contributed by atoms with van der Waals surface area (Å²) in [5.74, 6) is 1.14. The molecule has 2 aromatic carbocycles. The minimum atomic E-state index is 0.183. The SMILES string of the molecule is CCN(C(=O)c1ccc(CCSc2nc3ccccc3[nH]2)cc1)C1CCCCC1. The molecule has 29 heavy (non-hydrogen) atoms. The number of amides is 1. The largest absolute Gasteiger partial charge is 0.336 e. The van der Waals surface area contributed by atoms with Crippen LogP contribution in [0.5, 0.6) is 0 Å². The van der Waals surface area contributed by atoms with Gasteiger partial charge < -0.3 is 9.88 Å². The predicted molar refractivity (Wildman–Crippen MR) is 121 cm³/mol. The number of nitrogens with zero attached hydrogens (tertiary/aromatic N) is 2. The van der Waals surface area contributed by atoms with Gasteiger partial charge in [0.2, 0.25) is 0 Å². The van der Waals surface area contributed by atoms with E-state index in [1.54, 1.807) is 11.8 Å². The quantitative estimate of drug-likeness (QED) is 0.512. The van der Waals surface area contributed by atoms with Crippen molar-refractivity contribution < 1.29 is 4.79 Å². The predicted octanol–water partition coefficient (Wildman–Crippen LogP) is 5.69. The summed E-state index contributed by atoms with van der Waals surface area (Å²) < 4.78 is 0. The van der Waals surface area contributed by atoms with Crippen LogP contribution in [0, 0.1) is 0 Å². The number of benzene rings is 2. The van der Waals surface area contributed by atoms with Crippen molar-refractivity contribution in [1.29, 1.82) is 0 Å². The Morgan fingerprint density at radius 1 is 1.10 bits per heavy atom. The number of H-pyrrole nitrogens is 1. The highest BCUT2D eigenvalue weighted by molar-refractivity contribution is 7.99. The molecule has 1 heterocycles. The van der Waals surface area contributed by atoms with Crippen LogP contribution in [-0.4, -0.2) is 39.1 Å². The first-order chi connectivity index (χ1) is 14.2. The number of aryl methyl sites for hydroxylation is 1. The van der Waals surface area contributed by atoms with Crippen molar-refractivity contribution in [3.8, 4) is 0 Å². The number of imidazole rings is 1. The number of rotatable bonds is 7. The second-order valence-electron chi connectivity index (χ2n) is 7.74. The van der Waals surface area contributed by atoms with Crippen LogP contribution in [0.25, 0.3) is 11.0 Å². The summed E-state index contributed by atoms with van der Waals surface area (Å²) in [6.07, 6.45) is 7.05. The molecule has 0 aliphatic heterocycles. The molecule has 0 radical (unpaired) electrons. The van der Waals surface area contributed by atoms with Gasteiger partial charge in [-0.15, -0.1) is 0 Å². The lowest BCUT2D eigenvalue weighted by Gasteiger charge is -2.33. The van der Waals surface area contributed by atoms with E-state index in [2.05, 4.69) is 40.0 Å². The van der Waals surface area contributed by atoms with E-state index >= 15 is 0 Å². The molecule has 3 aromatic rings. The van der Waals surface area contributed by atoms with Crippen LogP contribution in [0.15, 0.2) is 53.7 Å². The molecule has 1 aliphatic carbocycles. The fourth-order valence-electron chi connectivity index (χ4n) is 4.20. The normalized spacial score (nSPS) is 14.9. The van der Waals surface area contributed by atoms with Crippen LogP contribution < -0.4 is 0 Å². The lowest BCUT2D eigenvalue weighted by atomic mass is 9.93. The minimum Gasteiger partial charge on any atom is -0.336 e. The molecule has 152 valence electrons. The van der Waals surface area contributed by atoms with Gasteiger partial charge in [0.15, 0.2) is 5.16 Å². The molecular weight excluding hydrogens is 378 g/mol. The third-order valence-electron chi connectivity index (χ3n) is 5.82. The number of aromatic amines is 1. The Morgan fingerprint density at radius 3 is 2.59 bits per heavy atom. The maximum absolute atomic E-state index is 13.0. The van der Waals surface area contributed by atoms with E-state index in [9.17, 15) is 4.79 Å². The fourth-order valence-corrected chi connectivity index (χ4v) is 5.08. The zero-order chi connectivity index (χ0) is 20.1. The van der Waals surface area contributed by atoms with E-state index in [0.29, 0.717) is 6.04 Å². The standard InChI is InChI=1S/C24H29N3OS/c1-2-27(20-8-4-3-5-9-20)23(28)19-14-12-18(13-15-19)16-17-29-24-25-21-10-6-7-11-22(21)26-24/h6-7,10-15,20H,2-5,8-9,16-17H2,1H3,(H,25,26). The van der Waals surface area contributed by atoms with Gasteiger partial charge in [0.1, 0.15) is 0 Å². The summed E-state index contributed by atoms with van der Waals surface area (Å²) in [5, 5.41) is 0.962. The van der Waals surface area contributed by atoms with Crippen molar-refractivity contribution in [3.05, 3.63) is 59.7 Å². The highest BCUT2D eigenvalue weighted by atomic mass is 32.2. The summed E-state index contributed by atoms with van der Waals surface area (Å²) in [6, 6.07) is 16.7. The number of carbonyl (C=O) groups is 1. The monoisotopic (exact) mass is 407 g/mol. The highest BCUT2D eigenvalue weighted by Crippen LogP contribution is 2.24. The topological polar surface area (TPSA) is 49.0 Å². The number of hydrogen-bond donors (Lipinski definition) is 1. The van der Waals surface area contributed by atoms with Crippen molar-refractivity contribution in [3.63, 3.8) is 0 Å². The van der Waals surface area contributed by atoms with Crippen molar-refractivity contribution in [1.82, 2.24) is 14.9 Å². The number of para-hydroxylation sites is 2. The molecule has 1 N–H and O–H groups in total. The molecule has 1 fully saturated rings. The van der Waals surface area contributed by atoms with Crippen molar-refractivity contribution in [2.24, 2.45) is 0 Å².